The molecular weight excluding hydrogens is 280 g/mol. The number of nitrogens with one attached hydrogen (secondary N) is 2. The van der Waals surface area contributed by atoms with Crippen molar-refractivity contribution in [2.45, 2.75) is 13.8 Å². The Morgan fingerprint density at radius 1 is 1.52 bits per heavy atom. The summed E-state index contributed by atoms with van der Waals surface area (Å²) in [5.74, 6) is -0.0373. The minimum absolute atomic E-state index is 0.131. The molecule has 21 heavy (non-hydrogen) atoms. The van der Waals surface area contributed by atoms with Gasteiger partial charge in [-0.25, -0.2) is 4.98 Å². The van der Waals surface area contributed by atoms with Crippen molar-refractivity contribution >= 4 is 23.4 Å². The van der Waals surface area contributed by atoms with E-state index in [1.54, 1.807) is 6.92 Å². The fourth-order valence-corrected chi connectivity index (χ4v) is 1.57. The first kappa shape index (κ1) is 14.4. The van der Waals surface area contributed by atoms with E-state index in [0.29, 0.717) is 18.2 Å². The highest BCUT2D eigenvalue weighted by Gasteiger charge is 2.23. The molecule has 1 amide bonds. The number of hydrogen-bond donors (Lipinski definition) is 2. The third kappa shape index (κ3) is 3.29. The number of aromatic nitrogens is 3. The standard InChI is InChI=1S/C11H12N6O4/c1-3-12-9-4-7(8(5-13-9)17(19)20)10(18)15-11-14-6(2)16-21-11/h4-5H,3H2,1-2H3,(H,12,13)(H,14,15,16,18). The van der Waals surface area contributed by atoms with E-state index in [9.17, 15) is 14.9 Å². The van der Waals surface area contributed by atoms with Crippen LogP contribution >= 0.6 is 0 Å². The number of pyridine rings is 1. The minimum atomic E-state index is -0.730. The summed E-state index contributed by atoms with van der Waals surface area (Å²) in [5.41, 5.74) is -0.563. The highest BCUT2D eigenvalue weighted by Crippen LogP contribution is 2.21. The normalized spacial score (nSPS) is 10.2. The third-order valence-electron chi connectivity index (χ3n) is 2.43. The van der Waals surface area contributed by atoms with E-state index in [1.807, 2.05) is 6.92 Å². The van der Waals surface area contributed by atoms with Gasteiger partial charge in [0, 0.05) is 12.6 Å². The second-order valence-electron chi connectivity index (χ2n) is 3.98. The van der Waals surface area contributed by atoms with Crippen molar-refractivity contribution in [3.63, 3.8) is 0 Å². The van der Waals surface area contributed by atoms with Gasteiger partial charge in [0.2, 0.25) is 0 Å². The van der Waals surface area contributed by atoms with Crippen LogP contribution in [-0.4, -0.2) is 32.5 Å². The zero-order valence-electron chi connectivity index (χ0n) is 11.3. The van der Waals surface area contributed by atoms with Crippen molar-refractivity contribution in [1.29, 1.82) is 0 Å². The first-order valence-corrected chi connectivity index (χ1v) is 6.01. The van der Waals surface area contributed by atoms with E-state index in [0.717, 1.165) is 6.20 Å². The van der Waals surface area contributed by atoms with Crippen molar-refractivity contribution in [2.75, 3.05) is 17.2 Å². The van der Waals surface area contributed by atoms with Crippen LogP contribution < -0.4 is 10.6 Å². The Labute approximate surface area is 118 Å². The topological polar surface area (TPSA) is 136 Å². The van der Waals surface area contributed by atoms with E-state index < -0.39 is 16.5 Å². The van der Waals surface area contributed by atoms with Crippen LogP contribution in [0.3, 0.4) is 0 Å². The van der Waals surface area contributed by atoms with Crippen LogP contribution in [0.5, 0.6) is 0 Å². The molecule has 2 heterocycles. The Morgan fingerprint density at radius 3 is 2.86 bits per heavy atom. The van der Waals surface area contributed by atoms with E-state index in [1.165, 1.54) is 6.07 Å². The maximum Gasteiger partial charge on any atom is 0.328 e. The molecular formula is C11H12N6O4. The molecule has 0 saturated carbocycles. The molecule has 0 aromatic carbocycles. The zero-order chi connectivity index (χ0) is 15.4. The van der Waals surface area contributed by atoms with E-state index in [4.69, 9.17) is 4.52 Å². The average molecular weight is 292 g/mol. The van der Waals surface area contributed by atoms with Crippen LogP contribution in [0, 0.1) is 17.0 Å². The zero-order valence-corrected chi connectivity index (χ0v) is 11.3. The highest BCUT2D eigenvalue weighted by atomic mass is 16.6. The molecule has 0 aliphatic carbocycles. The molecule has 0 bridgehead atoms. The fraction of sp³-hybridized carbons (Fsp3) is 0.273. The maximum atomic E-state index is 12.1. The molecule has 0 radical (unpaired) electrons. The molecule has 110 valence electrons. The monoisotopic (exact) mass is 292 g/mol. The predicted molar refractivity (Wildman–Crippen MR) is 72.0 cm³/mol. The molecule has 10 heteroatoms. The van der Waals surface area contributed by atoms with Gasteiger partial charge in [0.25, 0.3) is 11.6 Å². The van der Waals surface area contributed by atoms with Crippen LogP contribution in [0.1, 0.15) is 23.1 Å². The molecule has 0 unspecified atom stereocenters. The van der Waals surface area contributed by atoms with Crippen molar-refractivity contribution in [3.05, 3.63) is 33.8 Å². The van der Waals surface area contributed by atoms with Gasteiger partial charge in [-0.2, -0.15) is 4.98 Å². The smallest absolute Gasteiger partial charge is 0.328 e. The number of aryl methyl sites for hydroxylation is 1. The summed E-state index contributed by atoms with van der Waals surface area (Å²) in [4.78, 5) is 30.0. The first-order valence-electron chi connectivity index (χ1n) is 6.01. The summed E-state index contributed by atoms with van der Waals surface area (Å²) in [6, 6.07) is 1.16. The fourth-order valence-electron chi connectivity index (χ4n) is 1.57. The molecule has 0 aliphatic rings. The van der Waals surface area contributed by atoms with Crippen LogP contribution in [0.15, 0.2) is 16.8 Å². The first-order chi connectivity index (χ1) is 10.0. The Balaban J connectivity index is 2.32. The Hall–Kier alpha value is -3.04. The average Bonchev–Trinajstić information content (AvgIpc) is 2.84. The van der Waals surface area contributed by atoms with Crippen LogP contribution in [0.4, 0.5) is 17.5 Å². The molecule has 2 N–H and O–H groups in total. The van der Waals surface area contributed by atoms with E-state index >= 15 is 0 Å². The number of carbonyl (C=O) groups is 1. The number of carbonyl (C=O) groups excluding carboxylic acids is 1. The van der Waals surface area contributed by atoms with Gasteiger partial charge in [-0.15, -0.1) is 0 Å². The molecule has 2 aromatic rings. The number of anilines is 2. The predicted octanol–water partition coefficient (Wildman–Crippen LogP) is 1.37. The third-order valence-corrected chi connectivity index (χ3v) is 2.43. The van der Waals surface area contributed by atoms with Crippen molar-refractivity contribution < 1.29 is 14.2 Å². The second-order valence-corrected chi connectivity index (χ2v) is 3.98. The maximum absolute atomic E-state index is 12.1. The highest BCUT2D eigenvalue weighted by molar-refractivity contribution is 6.06. The number of hydrogen-bond acceptors (Lipinski definition) is 8. The SMILES string of the molecule is CCNc1cc(C(=O)Nc2nc(C)no2)c([N+](=O)[O-])cn1. The number of amides is 1. The van der Waals surface area contributed by atoms with Gasteiger partial charge in [-0.05, 0) is 13.8 Å². The van der Waals surface area contributed by atoms with Gasteiger partial charge in [-0.3, -0.25) is 20.2 Å². The van der Waals surface area contributed by atoms with E-state index in [-0.39, 0.29) is 11.6 Å². The molecule has 10 nitrogen and oxygen atoms in total. The van der Waals surface area contributed by atoms with Gasteiger partial charge in [0.1, 0.15) is 17.6 Å². The van der Waals surface area contributed by atoms with Crippen molar-refractivity contribution in [1.82, 2.24) is 15.1 Å². The summed E-state index contributed by atoms with van der Waals surface area (Å²) in [7, 11) is 0. The lowest BCUT2D eigenvalue weighted by Gasteiger charge is -2.05. The van der Waals surface area contributed by atoms with Crippen LogP contribution in [0.25, 0.3) is 0 Å². The number of nitrogens with zero attached hydrogens (tertiary/aromatic N) is 4. The van der Waals surface area contributed by atoms with Gasteiger partial charge >= 0.3 is 6.01 Å². The largest absolute Gasteiger partial charge is 0.370 e. The van der Waals surface area contributed by atoms with E-state index in [2.05, 4.69) is 25.8 Å². The molecule has 0 spiro atoms. The lowest BCUT2D eigenvalue weighted by atomic mass is 10.2. The lowest BCUT2D eigenvalue weighted by molar-refractivity contribution is -0.385. The minimum Gasteiger partial charge on any atom is -0.370 e. The Bertz CT molecular complexity index is 683. The van der Waals surface area contributed by atoms with Crippen LogP contribution in [-0.2, 0) is 0 Å². The van der Waals surface area contributed by atoms with Gasteiger partial charge < -0.3 is 9.84 Å². The van der Waals surface area contributed by atoms with Crippen molar-refractivity contribution in [2.24, 2.45) is 0 Å². The molecule has 2 aromatic heterocycles. The molecule has 0 fully saturated rings. The second kappa shape index (κ2) is 5.94. The molecule has 0 atom stereocenters. The Kier molecular flexibility index (Phi) is 4.07. The van der Waals surface area contributed by atoms with Crippen LogP contribution in [0.2, 0.25) is 0 Å². The number of rotatable bonds is 5. The van der Waals surface area contributed by atoms with Crippen molar-refractivity contribution in [3.8, 4) is 0 Å². The summed E-state index contributed by atoms with van der Waals surface area (Å²) in [6.45, 7) is 3.98. The van der Waals surface area contributed by atoms with Gasteiger partial charge in [0.15, 0.2) is 5.82 Å². The van der Waals surface area contributed by atoms with Gasteiger partial charge in [-0.1, -0.05) is 5.16 Å². The van der Waals surface area contributed by atoms with Gasteiger partial charge in [0.05, 0.1) is 4.92 Å². The quantitative estimate of drug-likeness (QED) is 0.622. The Morgan fingerprint density at radius 2 is 2.29 bits per heavy atom. The summed E-state index contributed by atoms with van der Waals surface area (Å²) < 4.78 is 4.74. The molecule has 0 saturated heterocycles. The number of nitro groups is 1. The summed E-state index contributed by atoms with van der Waals surface area (Å²) in [5, 5.41) is 19.7. The summed E-state index contributed by atoms with van der Waals surface area (Å²) in [6.07, 6.45) is 1.02. The molecule has 0 aliphatic heterocycles. The summed E-state index contributed by atoms with van der Waals surface area (Å²) >= 11 is 0. The lowest BCUT2D eigenvalue weighted by Crippen LogP contribution is -2.15. The molecule has 2 rings (SSSR count).